The molecule has 1 aliphatic heterocycles. The maximum absolute atomic E-state index is 13.7. The summed E-state index contributed by atoms with van der Waals surface area (Å²) in [7, 11) is 1.10. The second-order valence-electron chi connectivity index (χ2n) is 6.76. The third-order valence-corrected chi connectivity index (χ3v) is 5.08. The lowest BCUT2D eigenvalue weighted by Gasteiger charge is -2.24. The van der Waals surface area contributed by atoms with Crippen LogP contribution in [0.4, 0.5) is 18.0 Å². The summed E-state index contributed by atoms with van der Waals surface area (Å²) in [5.74, 6) is 0. The summed E-state index contributed by atoms with van der Waals surface area (Å²) in [5.41, 5.74) is 0.486. The van der Waals surface area contributed by atoms with Crippen LogP contribution >= 0.6 is 0 Å². The smallest absolute Gasteiger partial charge is 0.450 e. The molecule has 1 N–H and O–H groups in total. The molecular formula is C21H13F3N4O2. The number of nitrogens with one attached hydrogen (secondary N) is 1. The van der Waals surface area contributed by atoms with Crippen LogP contribution in [-0.2, 0) is 4.74 Å². The number of hydrazine groups is 1. The monoisotopic (exact) mass is 410 g/mol. The van der Waals surface area contributed by atoms with E-state index in [2.05, 4.69) is 14.9 Å². The van der Waals surface area contributed by atoms with Crippen LogP contribution in [-0.4, -0.2) is 35.9 Å². The average Bonchev–Trinajstić information content (AvgIpc) is 2.75. The third-order valence-electron chi connectivity index (χ3n) is 5.08. The number of amides is 1. The Labute approximate surface area is 167 Å². The van der Waals surface area contributed by atoms with Gasteiger partial charge in [0.1, 0.15) is 5.71 Å². The summed E-state index contributed by atoms with van der Waals surface area (Å²) < 4.78 is 45.6. The largest absolute Gasteiger partial charge is 0.451 e. The van der Waals surface area contributed by atoms with Gasteiger partial charge in [0.15, 0.2) is 5.71 Å². The predicted molar refractivity (Wildman–Crippen MR) is 108 cm³/mol. The standard InChI is InChI=1S/C21H13F3N4O2/c1-30-20(29)28-26-18(19(25-27-28)21(22,23)24)15-10-8-13-6-5-11-3-2-4-12-7-9-14(15)17(13)16(11)12/h2-10,27H,1H3. The lowest BCUT2D eigenvalue weighted by Crippen LogP contribution is -2.46. The highest BCUT2D eigenvalue weighted by Crippen LogP contribution is 2.37. The van der Waals surface area contributed by atoms with Gasteiger partial charge in [-0.2, -0.15) is 23.8 Å². The van der Waals surface area contributed by atoms with E-state index in [0.29, 0.717) is 10.5 Å². The summed E-state index contributed by atoms with van der Waals surface area (Å²) in [6.07, 6.45) is -5.77. The van der Waals surface area contributed by atoms with Gasteiger partial charge in [0.25, 0.3) is 0 Å². The van der Waals surface area contributed by atoms with E-state index in [-0.39, 0.29) is 5.56 Å². The molecule has 1 heterocycles. The average molecular weight is 410 g/mol. The molecule has 0 saturated carbocycles. The Kier molecular flexibility index (Phi) is 3.82. The number of methoxy groups -OCH3 is 1. The molecular weight excluding hydrogens is 397 g/mol. The molecule has 9 heteroatoms. The second-order valence-corrected chi connectivity index (χ2v) is 6.76. The van der Waals surface area contributed by atoms with Crippen molar-refractivity contribution >= 4 is 49.8 Å². The number of hydrogen-bond donors (Lipinski definition) is 1. The van der Waals surface area contributed by atoms with Crippen LogP contribution in [0, 0.1) is 0 Å². The Morgan fingerprint density at radius 1 is 0.967 bits per heavy atom. The van der Waals surface area contributed by atoms with Gasteiger partial charge in [-0.25, -0.2) is 4.79 Å². The van der Waals surface area contributed by atoms with Crippen LogP contribution in [0.5, 0.6) is 0 Å². The van der Waals surface area contributed by atoms with Crippen LogP contribution in [0.25, 0.3) is 32.3 Å². The molecule has 0 unspecified atom stereocenters. The molecule has 150 valence electrons. The number of carbonyl (C=O) groups is 1. The van der Waals surface area contributed by atoms with Crippen molar-refractivity contribution in [1.82, 2.24) is 10.7 Å². The number of benzene rings is 4. The summed E-state index contributed by atoms with van der Waals surface area (Å²) in [6.45, 7) is 0. The molecule has 0 radical (unpaired) electrons. The molecule has 5 rings (SSSR count). The minimum atomic E-state index is -4.78. The van der Waals surface area contributed by atoms with Gasteiger partial charge >= 0.3 is 12.3 Å². The zero-order valence-electron chi connectivity index (χ0n) is 15.5. The Bertz CT molecular complexity index is 1360. The first-order chi connectivity index (χ1) is 14.4. The van der Waals surface area contributed by atoms with Crippen molar-refractivity contribution in [1.29, 1.82) is 0 Å². The maximum atomic E-state index is 13.7. The first-order valence-corrected chi connectivity index (χ1v) is 8.93. The Morgan fingerprint density at radius 3 is 2.27 bits per heavy atom. The fourth-order valence-corrected chi connectivity index (χ4v) is 3.81. The van der Waals surface area contributed by atoms with Crippen LogP contribution in [0.3, 0.4) is 0 Å². The highest BCUT2D eigenvalue weighted by molar-refractivity contribution is 6.52. The van der Waals surface area contributed by atoms with Gasteiger partial charge in [0.2, 0.25) is 0 Å². The molecule has 4 aromatic rings. The minimum absolute atomic E-state index is 0.215. The molecule has 30 heavy (non-hydrogen) atoms. The summed E-state index contributed by atoms with van der Waals surface area (Å²) in [4.78, 5) is 11.8. The lowest BCUT2D eigenvalue weighted by molar-refractivity contribution is -0.0581. The molecule has 1 aliphatic rings. The fourth-order valence-electron chi connectivity index (χ4n) is 3.81. The van der Waals surface area contributed by atoms with Gasteiger partial charge in [-0.05, 0) is 32.3 Å². The van der Waals surface area contributed by atoms with Crippen LogP contribution < -0.4 is 5.53 Å². The first-order valence-electron chi connectivity index (χ1n) is 8.93. The normalized spacial score (nSPS) is 14.7. The van der Waals surface area contributed by atoms with E-state index < -0.39 is 23.7 Å². The zero-order chi connectivity index (χ0) is 21.0. The van der Waals surface area contributed by atoms with E-state index in [4.69, 9.17) is 0 Å². The molecule has 0 bridgehead atoms. The van der Waals surface area contributed by atoms with Crippen molar-refractivity contribution in [3.63, 3.8) is 0 Å². The van der Waals surface area contributed by atoms with E-state index in [1.165, 1.54) is 0 Å². The minimum Gasteiger partial charge on any atom is -0.450 e. The van der Waals surface area contributed by atoms with Crippen molar-refractivity contribution in [3.8, 4) is 0 Å². The third kappa shape index (κ3) is 2.62. The summed E-state index contributed by atoms with van der Waals surface area (Å²) in [6, 6.07) is 16.7. The number of alkyl halides is 3. The number of carbonyl (C=O) groups excluding carboxylic acids is 1. The van der Waals surface area contributed by atoms with Crippen LogP contribution in [0.2, 0.25) is 0 Å². The molecule has 0 aliphatic carbocycles. The first kappa shape index (κ1) is 18.2. The summed E-state index contributed by atoms with van der Waals surface area (Å²) >= 11 is 0. The van der Waals surface area contributed by atoms with Crippen LogP contribution in [0.1, 0.15) is 5.56 Å². The van der Waals surface area contributed by atoms with E-state index in [0.717, 1.165) is 34.0 Å². The topological polar surface area (TPSA) is 66.3 Å². The molecule has 0 atom stereocenters. The Balaban J connectivity index is 1.83. The molecule has 0 aromatic heterocycles. The van der Waals surface area contributed by atoms with Gasteiger partial charge in [0, 0.05) is 5.56 Å². The molecule has 0 spiro atoms. The van der Waals surface area contributed by atoms with Gasteiger partial charge in [-0.15, -0.1) is 5.10 Å². The van der Waals surface area contributed by atoms with E-state index in [1.54, 1.807) is 18.2 Å². The van der Waals surface area contributed by atoms with Crippen molar-refractivity contribution < 1.29 is 22.7 Å². The van der Waals surface area contributed by atoms with Crippen molar-refractivity contribution in [2.75, 3.05) is 7.11 Å². The van der Waals surface area contributed by atoms with E-state index in [1.807, 2.05) is 41.9 Å². The molecule has 0 fully saturated rings. The number of rotatable bonds is 1. The van der Waals surface area contributed by atoms with E-state index >= 15 is 0 Å². The van der Waals surface area contributed by atoms with E-state index in [9.17, 15) is 18.0 Å². The lowest BCUT2D eigenvalue weighted by atomic mass is 9.90. The van der Waals surface area contributed by atoms with Gasteiger partial charge < -0.3 is 4.74 Å². The number of hydrazone groups is 2. The fraction of sp³-hybridized carbons (Fsp3) is 0.0952. The number of halogens is 3. The second kappa shape index (κ2) is 6.31. The Hall–Kier alpha value is -3.88. The van der Waals surface area contributed by atoms with Crippen LogP contribution in [0.15, 0.2) is 64.8 Å². The highest BCUT2D eigenvalue weighted by atomic mass is 19.4. The molecule has 1 amide bonds. The SMILES string of the molecule is COC(=O)N1N=C(c2ccc3ccc4cccc5ccc2c3c45)C(C(F)(F)F)=NN1. The van der Waals surface area contributed by atoms with Crippen molar-refractivity contribution in [3.05, 3.63) is 60.2 Å². The maximum Gasteiger partial charge on any atom is 0.451 e. The number of ether oxygens (including phenoxy) is 1. The van der Waals surface area contributed by atoms with Gasteiger partial charge in [-0.3, -0.25) is 0 Å². The van der Waals surface area contributed by atoms with Crippen molar-refractivity contribution in [2.24, 2.45) is 10.2 Å². The van der Waals surface area contributed by atoms with Crippen molar-refractivity contribution in [2.45, 2.75) is 6.18 Å². The quantitative estimate of drug-likeness (QED) is 0.459. The predicted octanol–water partition coefficient (Wildman–Crippen LogP) is 4.79. The summed E-state index contributed by atoms with van der Waals surface area (Å²) in [5, 5.41) is 13.0. The van der Waals surface area contributed by atoms with Gasteiger partial charge in [-0.1, -0.05) is 59.7 Å². The molecule has 4 aromatic carbocycles. The Morgan fingerprint density at radius 2 is 1.60 bits per heavy atom. The highest BCUT2D eigenvalue weighted by Gasteiger charge is 2.43. The molecule has 6 nitrogen and oxygen atoms in total. The number of nitrogens with zero attached hydrogens (tertiary/aromatic N) is 3. The zero-order valence-corrected chi connectivity index (χ0v) is 15.5. The number of hydrogen-bond acceptors (Lipinski definition) is 5. The van der Waals surface area contributed by atoms with Gasteiger partial charge in [0.05, 0.1) is 7.11 Å². The molecule has 0 saturated heterocycles.